The van der Waals surface area contributed by atoms with Crippen molar-refractivity contribution in [3.63, 3.8) is 0 Å². The minimum Gasteiger partial charge on any atom is -0.370 e. The molecule has 0 amide bonds. The second kappa shape index (κ2) is 6.14. The number of benzene rings is 1. The molecular weight excluding hydrogens is 224 g/mol. The molecule has 0 bridgehead atoms. The SMILES string of the molecule is CCOC(CC)C(=O)c1cccc(C2CCC2)c1. The molecule has 2 rings (SSSR count). The van der Waals surface area contributed by atoms with E-state index < -0.39 is 0 Å². The molecule has 1 fully saturated rings. The number of rotatable bonds is 6. The number of hydrogen-bond acceptors (Lipinski definition) is 2. The third-order valence-corrected chi connectivity index (χ3v) is 3.78. The molecule has 1 aromatic carbocycles. The predicted molar refractivity (Wildman–Crippen MR) is 73.1 cm³/mol. The van der Waals surface area contributed by atoms with Crippen molar-refractivity contribution in [3.8, 4) is 0 Å². The maximum Gasteiger partial charge on any atom is 0.191 e. The first kappa shape index (κ1) is 13.3. The highest BCUT2D eigenvalue weighted by atomic mass is 16.5. The van der Waals surface area contributed by atoms with Gasteiger partial charge in [0.15, 0.2) is 5.78 Å². The summed E-state index contributed by atoms with van der Waals surface area (Å²) in [6.07, 6.45) is 4.30. The molecule has 0 radical (unpaired) electrons. The van der Waals surface area contributed by atoms with Crippen LogP contribution < -0.4 is 0 Å². The summed E-state index contributed by atoms with van der Waals surface area (Å²) in [4.78, 5) is 12.3. The van der Waals surface area contributed by atoms with Crippen molar-refractivity contribution in [2.24, 2.45) is 0 Å². The lowest BCUT2D eigenvalue weighted by molar-refractivity contribution is 0.0443. The fraction of sp³-hybridized carbons (Fsp3) is 0.562. The Morgan fingerprint density at radius 2 is 2.17 bits per heavy atom. The fourth-order valence-electron chi connectivity index (χ4n) is 2.45. The summed E-state index contributed by atoms with van der Waals surface area (Å²) in [6.45, 7) is 4.52. The van der Waals surface area contributed by atoms with Crippen LogP contribution >= 0.6 is 0 Å². The monoisotopic (exact) mass is 246 g/mol. The summed E-state index contributed by atoms with van der Waals surface area (Å²) in [6, 6.07) is 8.11. The van der Waals surface area contributed by atoms with Gasteiger partial charge in [-0.2, -0.15) is 0 Å². The topological polar surface area (TPSA) is 26.3 Å². The van der Waals surface area contributed by atoms with Gasteiger partial charge in [-0.1, -0.05) is 31.5 Å². The third-order valence-electron chi connectivity index (χ3n) is 3.78. The average Bonchev–Trinajstić information content (AvgIpc) is 2.33. The summed E-state index contributed by atoms with van der Waals surface area (Å²) >= 11 is 0. The lowest BCUT2D eigenvalue weighted by Gasteiger charge is -2.26. The zero-order chi connectivity index (χ0) is 13.0. The second-order valence-electron chi connectivity index (χ2n) is 4.97. The summed E-state index contributed by atoms with van der Waals surface area (Å²) in [5, 5.41) is 0. The number of carbonyl (C=O) groups is 1. The summed E-state index contributed by atoms with van der Waals surface area (Å²) < 4.78 is 5.50. The van der Waals surface area contributed by atoms with Gasteiger partial charge in [0.1, 0.15) is 6.10 Å². The standard InChI is InChI=1S/C16H22O2/c1-3-15(18-4-2)16(17)14-10-6-9-13(11-14)12-7-5-8-12/h6,9-12,15H,3-5,7-8H2,1-2H3. The lowest BCUT2D eigenvalue weighted by atomic mass is 9.79. The molecule has 0 aromatic heterocycles. The van der Waals surface area contributed by atoms with Crippen molar-refractivity contribution in [1.82, 2.24) is 0 Å². The zero-order valence-corrected chi connectivity index (χ0v) is 11.3. The lowest BCUT2D eigenvalue weighted by Crippen LogP contribution is -2.24. The minimum atomic E-state index is -0.286. The highest BCUT2D eigenvalue weighted by Gasteiger charge is 2.22. The highest BCUT2D eigenvalue weighted by Crippen LogP contribution is 2.36. The zero-order valence-electron chi connectivity index (χ0n) is 11.3. The predicted octanol–water partition coefficient (Wildman–Crippen LogP) is 3.95. The number of hydrogen-bond donors (Lipinski definition) is 0. The van der Waals surface area contributed by atoms with Gasteiger partial charge in [-0.3, -0.25) is 4.79 Å². The highest BCUT2D eigenvalue weighted by molar-refractivity contribution is 5.99. The molecule has 1 unspecified atom stereocenters. The smallest absolute Gasteiger partial charge is 0.191 e. The van der Waals surface area contributed by atoms with Gasteiger partial charge >= 0.3 is 0 Å². The fourth-order valence-corrected chi connectivity index (χ4v) is 2.45. The molecule has 1 atom stereocenters. The summed E-state index contributed by atoms with van der Waals surface area (Å²) in [5.41, 5.74) is 2.12. The first-order valence-electron chi connectivity index (χ1n) is 7.02. The number of ether oxygens (including phenoxy) is 1. The van der Waals surface area contributed by atoms with E-state index >= 15 is 0 Å². The Kier molecular flexibility index (Phi) is 4.54. The van der Waals surface area contributed by atoms with E-state index in [9.17, 15) is 4.79 Å². The Balaban J connectivity index is 2.13. The van der Waals surface area contributed by atoms with Crippen molar-refractivity contribution in [2.75, 3.05) is 6.61 Å². The van der Waals surface area contributed by atoms with E-state index in [0.717, 1.165) is 12.0 Å². The van der Waals surface area contributed by atoms with Crippen LogP contribution in [0.3, 0.4) is 0 Å². The van der Waals surface area contributed by atoms with E-state index in [1.807, 2.05) is 26.0 Å². The van der Waals surface area contributed by atoms with Gasteiger partial charge in [-0.25, -0.2) is 0 Å². The molecule has 2 heteroatoms. The molecule has 0 heterocycles. The molecule has 1 saturated carbocycles. The number of ketones is 1. The van der Waals surface area contributed by atoms with Crippen LogP contribution in [0.25, 0.3) is 0 Å². The van der Waals surface area contributed by atoms with Crippen LogP contribution in [0.1, 0.15) is 61.4 Å². The first-order chi connectivity index (χ1) is 8.76. The quantitative estimate of drug-likeness (QED) is 0.710. The number of carbonyl (C=O) groups excluding carboxylic acids is 1. The Labute approximate surface area is 109 Å². The van der Waals surface area contributed by atoms with Gasteiger partial charge in [-0.05, 0) is 43.7 Å². The molecule has 0 saturated heterocycles. The van der Waals surface area contributed by atoms with E-state index in [4.69, 9.17) is 4.74 Å². The average molecular weight is 246 g/mol. The summed E-state index contributed by atoms with van der Waals surface area (Å²) in [5.74, 6) is 0.797. The first-order valence-corrected chi connectivity index (χ1v) is 7.02. The van der Waals surface area contributed by atoms with Crippen molar-refractivity contribution < 1.29 is 9.53 Å². The third kappa shape index (κ3) is 2.81. The molecule has 1 aliphatic rings. The van der Waals surface area contributed by atoms with Crippen molar-refractivity contribution in [1.29, 1.82) is 0 Å². The molecule has 98 valence electrons. The Bertz CT molecular complexity index is 407. The van der Waals surface area contributed by atoms with Gasteiger partial charge < -0.3 is 4.74 Å². The summed E-state index contributed by atoms with van der Waals surface area (Å²) in [7, 11) is 0. The van der Waals surface area contributed by atoms with E-state index in [0.29, 0.717) is 12.5 Å². The van der Waals surface area contributed by atoms with Crippen LogP contribution in [0, 0.1) is 0 Å². The molecular formula is C16H22O2. The van der Waals surface area contributed by atoms with E-state index in [-0.39, 0.29) is 11.9 Å². The second-order valence-corrected chi connectivity index (χ2v) is 4.97. The maximum atomic E-state index is 12.3. The van der Waals surface area contributed by atoms with Crippen LogP contribution in [-0.4, -0.2) is 18.5 Å². The van der Waals surface area contributed by atoms with E-state index in [1.54, 1.807) is 0 Å². The molecule has 0 spiro atoms. The minimum absolute atomic E-state index is 0.125. The normalized spacial score (nSPS) is 17.2. The van der Waals surface area contributed by atoms with E-state index in [1.165, 1.54) is 24.8 Å². The van der Waals surface area contributed by atoms with Gasteiger partial charge in [0, 0.05) is 12.2 Å². The van der Waals surface area contributed by atoms with Gasteiger partial charge in [-0.15, -0.1) is 0 Å². The number of Topliss-reactive ketones (excluding diaryl/α,β-unsaturated/α-hetero) is 1. The molecule has 18 heavy (non-hydrogen) atoms. The largest absolute Gasteiger partial charge is 0.370 e. The molecule has 0 N–H and O–H groups in total. The van der Waals surface area contributed by atoms with Crippen molar-refractivity contribution in [2.45, 2.75) is 51.6 Å². The molecule has 1 aromatic rings. The van der Waals surface area contributed by atoms with Crippen molar-refractivity contribution >= 4 is 5.78 Å². The van der Waals surface area contributed by atoms with Crippen LogP contribution in [0.4, 0.5) is 0 Å². The molecule has 2 nitrogen and oxygen atoms in total. The Morgan fingerprint density at radius 3 is 2.72 bits per heavy atom. The van der Waals surface area contributed by atoms with E-state index in [2.05, 4.69) is 12.1 Å². The van der Waals surface area contributed by atoms with Crippen LogP contribution in [-0.2, 0) is 4.74 Å². The molecule has 1 aliphatic carbocycles. The van der Waals surface area contributed by atoms with Crippen LogP contribution in [0.2, 0.25) is 0 Å². The molecule has 0 aliphatic heterocycles. The maximum absolute atomic E-state index is 12.3. The van der Waals surface area contributed by atoms with Crippen molar-refractivity contribution in [3.05, 3.63) is 35.4 Å². The van der Waals surface area contributed by atoms with Gasteiger partial charge in [0.2, 0.25) is 0 Å². The van der Waals surface area contributed by atoms with Gasteiger partial charge in [0.25, 0.3) is 0 Å². The van der Waals surface area contributed by atoms with Crippen LogP contribution in [0.5, 0.6) is 0 Å². The van der Waals surface area contributed by atoms with Gasteiger partial charge in [0.05, 0.1) is 0 Å². The Hall–Kier alpha value is -1.15. The Morgan fingerprint density at radius 1 is 1.39 bits per heavy atom. The van der Waals surface area contributed by atoms with Crippen LogP contribution in [0.15, 0.2) is 24.3 Å².